The molecule has 416 valence electrons. The number of nitrogens with one attached hydrogen (secondary N) is 5. The fraction of sp³-hybridized carbons (Fsp3) is 0.592. The van der Waals surface area contributed by atoms with Crippen molar-refractivity contribution in [1.29, 1.82) is 0 Å². The van der Waals surface area contributed by atoms with Crippen LogP contribution in [0.3, 0.4) is 0 Å². The minimum Gasteiger partial charge on any atom is -0.449 e. The molecule has 0 aromatic heterocycles. The standard InChI is InChI=1S/C49H65N7O20/c1-26-39(63)41(65)44-48(73-26)71-20-18-52-36(60)24-55(23-35(59)51-17-19-70-46-42(66)40(64)43(67)47(74-44)75-46)22-34(58)50-16-8-2-3-13-33(57)53-21-32(45(68)76-56-37(61)14-15-38(56)62)54-49(69)72-25-31-29-11-6-4-9-27(29)28-10-5-7-12-30(28)31/h4-7,9-12,26,31-32,39-44,46-48,63-67H,2-3,8,13-25H2,1H3,(H,50,58)(H,51,59)(H,52,60)(H,53,57)(H,54,69)/t26-,32+,39+,40-,41+,42-,43-,44-,46+,47+,48+/m0/s1. The van der Waals surface area contributed by atoms with Gasteiger partial charge in [-0.2, -0.15) is 0 Å². The normalized spacial score (nSPS) is 28.2. The van der Waals surface area contributed by atoms with Crippen molar-refractivity contribution < 1.29 is 97.1 Å². The van der Waals surface area contributed by atoms with E-state index in [1.165, 1.54) is 11.8 Å². The summed E-state index contributed by atoms with van der Waals surface area (Å²) in [4.78, 5) is 109. The number of carbonyl (C=O) groups excluding carboxylic acids is 8. The third kappa shape index (κ3) is 15.0. The number of unbranched alkanes of at least 4 members (excludes halogenated alkanes) is 2. The van der Waals surface area contributed by atoms with Crippen molar-refractivity contribution in [3.05, 3.63) is 59.7 Å². The van der Waals surface area contributed by atoms with Crippen LogP contribution in [-0.2, 0) is 66.8 Å². The molecule has 27 nitrogen and oxygen atoms in total. The molecule has 27 heteroatoms. The molecule has 7 rings (SSSR count). The molecule has 2 aromatic rings. The largest absolute Gasteiger partial charge is 0.449 e. The Hall–Kier alpha value is -6.24. The molecule has 2 bridgehead atoms. The molecule has 0 radical (unpaired) electrons. The first kappa shape index (κ1) is 57.5. The molecule has 1 aliphatic carbocycles. The van der Waals surface area contributed by atoms with Gasteiger partial charge in [0.05, 0.1) is 39.0 Å². The van der Waals surface area contributed by atoms with Crippen LogP contribution in [0.5, 0.6) is 0 Å². The van der Waals surface area contributed by atoms with Gasteiger partial charge in [-0.05, 0) is 42.0 Å². The number of aliphatic hydroxyl groups excluding tert-OH is 5. The Balaban J connectivity index is 0.855. The Kier molecular flexibility index (Phi) is 20.6. The number of hydroxylamine groups is 2. The second kappa shape index (κ2) is 27.2. The molecule has 11 atom stereocenters. The maximum atomic E-state index is 13.2. The molecule has 7 amide bonds. The van der Waals surface area contributed by atoms with Crippen LogP contribution in [0.25, 0.3) is 11.1 Å². The van der Waals surface area contributed by atoms with Gasteiger partial charge in [-0.1, -0.05) is 55.0 Å². The maximum absolute atomic E-state index is 13.2. The van der Waals surface area contributed by atoms with Gasteiger partial charge in [-0.3, -0.25) is 33.7 Å². The van der Waals surface area contributed by atoms with Crippen molar-refractivity contribution in [1.82, 2.24) is 36.5 Å². The van der Waals surface area contributed by atoms with Crippen molar-refractivity contribution in [2.45, 2.75) is 119 Å². The minimum absolute atomic E-state index is 0.0239. The molecular formula is C49H65N7O20. The summed E-state index contributed by atoms with van der Waals surface area (Å²) in [6.07, 6.45) is -15.8. The van der Waals surface area contributed by atoms with Gasteiger partial charge in [0.1, 0.15) is 49.3 Å². The fourth-order valence-corrected chi connectivity index (χ4v) is 9.09. The highest BCUT2D eigenvalue weighted by Gasteiger charge is 2.51. The monoisotopic (exact) mass is 1070 g/mol. The quantitative estimate of drug-likeness (QED) is 0.0611. The van der Waals surface area contributed by atoms with E-state index < -0.39 is 135 Å². The molecule has 4 fully saturated rings. The van der Waals surface area contributed by atoms with Crippen molar-refractivity contribution in [3.8, 4) is 11.1 Å². The minimum atomic E-state index is -1.84. The number of alkyl carbamates (subject to hydrolysis) is 1. The highest BCUT2D eigenvalue weighted by atomic mass is 16.8. The van der Waals surface area contributed by atoms with E-state index in [-0.39, 0.29) is 71.2 Å². The summed E-state index contributed by atoms with van der Waals surface area (Å²) in [6.45, 7) is -0.942. The lowest BCUT2D eigenvalue weighted by molar-refractivity contribution is -0.387. The van der Waals surface area contributed by atoms with Gasteiger partial charge in [0, 0.05) is 51.4 Å². The van der Waals surface area contributed by atoms with Crippen molar-refractivity contribution in [3.63, 3.8) is 0 Å². The average Bonchev–Trinajstić information content (AvgIpc) is 3.89. The molecule has 2 aromatic carbocycles. The molecular weight excluding hydrogens is 1010 g/mol. The summed E-state index contributed by atoms with van der Waals surface area (Å²) >= 11 is 0. The van der Waals surface area contributed by atoms with Gasteiger partial charge in [-0.25, -0.2) is 9.59 Å². The second-order valence-corrected chi connectivity index (χ2v) is 18.7. The van der Waals surface area contributed by atoms with E-state index in [2.05, 4.69) is 26.6 Å². The summed E-state index contributed by atoms with van der Waals surface area (Å²) in [7, 11) is 0. The summed E-state index contributed by atoms with van der Waals surface area (Å²) in [5.74, 6) is -5.19. The Morgan fingerprint density at radius 2 is 1.30 bits per heavy atom. The number of nitrogens with zero attached hydrogens (tertiary/aromatic N) is 2. The number of fused-ring (bicyclic) bond motifs is 6. The summed E-state index contributed by atoms with van der Waals surface area (Å²) in [6, 6.07) is 13.8. The van der Waals surface area contributed by atoms with E-state index >= 15 is 0 Å². The zero-order valence-electron chi connectivity index (χ0n) is 41.6. The van der Waals surface area contributed by atoms with E-state index in [9.17, 15) is 63.9 Å². The topological polar surface area (TPSA) is 369 Å². The van der Waals surface area contributed by atoms with Crippen LogP contribution in [0.1, 0.15) is 62.5 Å². The Bertz CT molecular complexity index is 2340. The lowest BCUT2D eigenvalue weighted by Gasteiger charge is -2.45. The molecule has 5 aliphatic rings. The Labute approximate surface area is 435 Å². The number of rotatable bonds is 15. The lowest BCUT2D eigenvalue weighted by Crippen LogP contribution is -2.64. The van der Waals surface area contributed by atoms with Crippen LogP contribution in [0.2, 0.25) is 0 Å². The van der Waals surface area contributed by atoms with Crippen LogP contribution in [0.4, 0.5) is 4.79 Å². The van der Waals surface area contributed by atoms with E-state index in [4.69, 9.17) is 33.3 Å². The number of hydrogen-bond donors (Lipinski definition) is 10. The Morgan fingerprint density at radius 1 is 0.697 bits per heavy atom. The summed E-state index contributed by atoms with van der Waals surface area (Å²) in [5.41, 5.74) is 3.92. The van der Waals surface area contributed by atoms with Gasteiger partial charge in [0.2, 0.25) is 23.6 Å². The predicted molar refractivity (Wildman–Crippen MR) is 256 cm³/mol. The number of amides is 7. The Morgan fingerprint density at radius 3 is 1.95 bits per heavy atom. The van der Waals surface area contributed by atoms with Gasteiger partial charge < -0.3 is 85.4 Å². The number of imide groups is 1. The number of carbonyl (C=O) groups is 8. The first-order valence-electron chi connectivity index (χ1n) is 25.1. The number of benzene rings is 2. The average molecular weight is 1070 g/mol. The van der Waals surface area contributed by atoms with Crippen molar-refractivity contribution in [2.24, 2.45) is 0 Å². The summed E-state index contributed by atoms with van der Waals surface area (Å²) in [5, 5.41) is 66.2. The molecule has 76 heavy (non-hydrogen) atoms. The zero-order chi connectivity index (χ0) is 54.5. The highest BCUT2D eigenvalue weighted by molar-refractivity contribution is 6.02. The molecule has 4 heterocycles. The molecule has 0 spiro atoms. The van der Waals surface area contributed by atoms with Crippen molar-refractivity contribution >= 4 is 47.5 Å². The van der Waals surface area contributed by atoms with Crippen LogP contribution in [-0.4, -0.2) is 216 Å². The van der Waals surface area contributed by atoms with Gasteiger partial charge in [-0.15, -0.1) is 5.06 Å². The fourth-order valence-electron chi connectivity index (χ4n) is 9.09. The van der Waals surface area contributed by atoms with E-state index in [0.29, 0.717) is 24.3 Å². The van der Waals surface area contributed by atoms with Crippen LogP contribution in [0, 0.1) is 0 Å². The second-order valence-electron chi connectivity index (χ2n) is 18.7. The third-order valence-corrected chi connectivity index (χ3v) is 13.1. The van der Waals surface area contributed by atoms with Gasteiger partial charge in [0.25, 0.3) is 11.8 Å². The van der Waals surface area contributed by atoms with Crippen LogP contribution in [0.15, 0.2) is 48.5 Å². The highest BCUT2D eigenvalue weighted by Crippen LogP contribution is 2.44. The molecule has 0 unspecified atom stereocenters. The van der Waals surface area contributed by atoms with E-state index in [1.54, 1.807) is 0 Å². The number of ether oxygens (including phenoxy) is 6. The van der Waals surface area contributed by atoms with Gasteiger partial charge >= 0.3 is 12.1 Å². The first-order valence-corrected chi connectivity index (χ1v) is 25.1. The smallest absolute Gasteiger partial charge is 0.407 e. The molecule has 4 aliphatic heterocycles. The SMILES string of the molecule is C[C@@H]1O[C@H]2OCCNC(=O)CN(CC(=O)NCCCCCC(=O)NC[C@@H](NC(=O)OCC3c4ccccc4-c4ccccc43)C(=O)ON3C(=O)CCC3=O)CC(=O)NCCO[C@@H]3O[C@@H](O[C@H]2[C@H](O)[C@@H]1O)[C@@H](O)[C@@H](O)[C@@H]3O. The van der Waals surface area contributed by atoms with E-state index in [1.807, 2.05) is 48.5 Å². The predicted octanol–water partition coefficient (Wildman–Crippen LogP) is -3.51. The maximum Gasteiger partial charge on any atom is 0.407 e. The first-order chi connectivity index (χ1) is 36.5. The zero-order valence-corrected chi connectivity index (χ0v) is 41.6. The number of hydrogen-bond acceptors (Lipinski definition) is 21. The lowest BCUT2D eigenvalue weighted by atomic mass is 9.98. The van der Waals surface area contributed by atoms with E-state index in [0.717, 1.165) is 22.3 Å². The molecule has 0 saturated carbocycles. The van der Waals surface area contributed by atoms with Crippen LogP contribution < -0.4 is 26.6 Å². The van der Waals surface area contributed by atoms with Crippen molar-refractivity contribution in [2.75, 3.05) is 65.6 Å². The molecule has 4 saturated heterocycles. The third-order valence-electron chi connectivity index (χ3n) is 13.1. The van der Waals surface area contributed by atoms with Gasteiger partial charge in [0.15, 0.2) is 18.9 Å². The summed E-state index contributed by atoms with van der Waals surface area (Å²) < 4.78 is 33.8. The van der Waals surface area contributed by atoms with Crippen LogP contribution >= 0.6 is 0 Å². The number of aliphatic hydroxyl groups is 5. The molecule has 10 N–H and O–H groups in total.